The molecule has 0 saturated heterocycles. The summed E-state index contributed by atoms with van der Waals surface area (Å²) in [6.45, 7) is 10.6. The van der Waals surface area contributed by atoms with Gasteiger partial charge in [-0.3, -0.25) is 5.73 Å². The maximum absolute atomic E-state index is 6.07. The van der Waals surface area contributed by atoms with E-state index >= 15 is 0 Å². The molecule has 0 aliphatic carbocycles. The van der Waals surface area contributed by atoms with Crippen LogP contribution in [0.4, 0.5) is 0 Å². The Hall–Kier alpha value is -0.890. The van der Waals surface area contributed by atoms with Gasteiger partial charge < -0.3 is 0 Å². The van der Waals surface area contributed by atoms with Crippen molar-refractivity contribution in [2.45, 2.75) is 46.7 Å². The fourth-order valence-corrected chi connectivity index (χ4v) is 1.92. The van der Waals surface area contributed by atoms with Crippen LogP contribution in [-0.4, -0.2) is 0 Å². The number of hydrogen-bond donors (Lipinski definition) is 1. The van der Waals surface area contributed by atoms with Gasteiger partial charge in [0, 0.05) is 32.9 Å². The number of rotatable bonds is 3. The van der Waals surface area contributed by atoms with Crippen LogP contribution in [0.2, 0.25) is 0 Å². The lowest BCUT2D eigenvalue weighted by atomic mass is 10.0. The average Bonchev–Trinajstić information content (AvgIpc) is 1.99. The second kappa shape index (κ2) is 4.31. The molecule has 0 fully saturated rings. The Morgan fingerprint density at radius 1 is 1.40 bits per heavy atom. The van der Waals surface area contributed by atoms with E-state index in [-0.39, 0.29) is 5.66 Å². The molecule has 84 valence electrons. The quantitative estimate of drug-likeness (QED) is 0.756. The van der Waals surface area contributed by atoms with Crippen LogP contribution < -0.4 is 10.3 Å². The van der Waals surface area contributed by atoms with E-state index in [2.05, 4.69) is 43.7 Å². The standard InChI is InChI=1S/C13H23N2/c1-10(2)8-12-6-7-15(11(3)9-12)13(4,5)14/h6-7,9-10H,8,14H2,1-5H3/q+1. The van der Waals surface area contributed by atoms with E-state index in [1.54, 1.807) is 0 Å². The Morgan fingerprint density at radius 2 is 2.00 bits per heavy atom. The molecule has 0 saturated carbocycles. The predicted octanol–water partition coefficient (Wildman–Crippen LogP) is 2.13. The van der Waals surface area contributed by atoms with Gasteiger partial charge in [-0.15, -0.1) is 0 Å². The molecule has 2 nitrogen and oxygen atoms in total. The first kappa shape index (κ1) is 12.2. The monoisotopic (exact) mass is 207 g/mol. The Kier molecular flexibility index (Phi) is 3.50. The zero-order valence-corrected chi connectivity index (χ0v) is 10.5. The molecule has 2 N–H and O–H groups in total. The molecule has 1 heterocycles. The van der Waals surface area contributed by atoms with Crippen molar-refractivity contribution in [1.82, 2.24) is 0 Å². The molecule has 2 heteroatoms. The highest BCUT2D eigenvalue weighted by molar-refractivity contribution is 5.12. The van der Waals surface area contributed by atoms with Gasteiger partial charge in [0.15, 0.2) is 11.9 Å². The van der Waals surface area contributed by atoms with E-state index in [0.717, 1.165) is 6.42 Å². The maximum atomic E-state index is 6.07. The number of aryl methyl sites for hydroxylation is 1. The highest BCUT2D eigenvalue weighted by atomic mass is 15.1. The largest absolute Gasteiger partial charge is 0.271 e. The summed E-state index contributed by atoms with van der Waals surface area (Å²) in [6.07, 6.45) is 3.22. The Morgan fingerprint density at radius 3 is 2.40 bits per heavy atom. The lowest BCUT2D eigenvalue weighted by Crippen LogP contribution is -2.60. The molecule has 1 aromatic heterocycles. The van der Waals surface area contributed by atoms with Crippen molar-refractivity contribution < 1.29 is 4.57 Å². The molecule has 0 aliphatic rings. The van der Waals surface area contributed by atoms with Gasteiger partial charge in [-0.2, -0.15) is 4.57 Å². The van der Waals surface area contributed by atoms with Crippen molar-refractivity contribution in [3.05, 3.63) is 29.6 Å². The van der Waals surface area contributed by atoms with E-state index < -0.39 is 0 Å². The summed E-state index contributed by atoms with van der Waals surface area (Å²) in [6, 6.07) is 4.40. The number of hydrogen-bond acceptors (Lipinski definition) is 1. The third-order valence-corrected chi connectivity index (χ3v) is 2.48. The molecule has 0 radical (unpaired) electrons. The van der Waals surface area contributed by atoms with Crippen LogP contribution in [0.25, 0.3) is 0 Å². The molecule has 0 unspecified atom stereocenters. The Balaban J connectivity index is 2.99. The average molecular weight is 207 g/mol. The van der Waals surface area contributed by atoms with Gasteiger partial charge in [0.2, 0.25) is 5.66 Å². The first-order valence-corrected chi connectivity index (χ1v) is 5.61. The minimum Gasteiger partial charge on any atom is -0.271 e. The predicted molar refractivity (Wildman–Crippen MR) is 63.4 cm³/mol. The lowest BCUT2D eigenvalue weighted by Gasteiger charge is -2.16. The van der Waals surface area contributed by atoms with Gasteiger partial charge >= 0.3 is 0 Å². The van der Waals surface area contributed by atoms with Crippen LogP contribution >= 0.6 is 0 Å². The van der Waals surface area contributed by atoms with E-state index in [1.807, 2.05) is 13.8 Å². The van der Waals surface area contributed by atoms with E-state index in [9.17, 15) is 0 Å². The minimum atomic E-state index is -0.319. The third kappa shape index (κ3) is 3.31. The molecular formula is C13H23N2+. The molecule has 15 heavy (non-hydrogen) atoms. The molecule has 0 bridgehead atoms. The van der Waals surface area contributed by atoms with Crippen molar-refractivity contribution >= 4 is 0 Å². The molecule has 0 aliphatic heterocycles. The second-order valence-corrected chi connectivity index (χ2v) is 5.30. The van der Waals surface area contributed by atoms with Crippen molar-refractivity contribution in [2.75, 3.05) is 0 Å². The van der Waals surface area contributed by atoms with Crippen LogP contribution in [0, 0.1) is 12.8 Å². The fourth-order valence-electron chi connectivity index (χ4n) is 1.92. The van der Waals surface area contributed by atoms with E-state index in [4.69, 9.17) is 5.73 Å². The lowest BCUT2D eigenvalue weighted by molar-refractivity contribution is -0.762. The third-order valence-electron chi connectivity index (χ3n) is 2.48. The number of nitrogens with two attached hydrogens (primary N) is 1. The highest BCUT2D eigenvalue weighted by Crippen LogP contribution is 2.09. The summed E-state index contributed by atoms with van der Waals surface area (Å²) in [7, 11) is 0. The van der Waals surface area contributed by atoms with Crippen molar-refractivity contribution in [1.29, 1.82) is 0 Å². The number of pyridine rings is 1. The van der Waals surface area contributed by atoms with Crippen molar-refractivity contribution in [3.8, 4) is 0 Å². The van der Waals surface area contributed by atoms with Gasteiger partial charge in [0.05, 0.1) is 0 Å². The Bertz CT molecular complexity index is 335. The molecular weight excluding hydrogens is 184 g/mol. The smallest absolute Gasteiger partial charge is 0.213 e. The first-order valence-electron chi connectivity index (χ1n) is 5.61. The second-order valence-electron chi connectivity index (χ2n) is 5.30. The summed E-state index contributed by atoms with van der Waals surface area (Å²) in [5, 5.41) is 0. The zero-order valence-electron chi connectivity index (χ0n) is 10.5. The van der Waals surface area contributed by atoms with Crippen LogP contribution in [-0.2, 0) is 12.1 Å². The number of nitrogens with zero attached hydrogens (tertiary/aromatic N) is 1. The maximum Gasteiger partial charge on any atom is 0.213 e. The van der Waals surface area contributed by atoms with E-state index in [0.29, 0.717) is 5.92 Å². The van der Waals surface area contributed by atoms with Gasteiger partial charge in [0.1, 0.15) is 0 Å². The van der Waals surface area contributed by atoms with Crippen molar-refractivity contribution in [3.63, 3.8) is 0 Å². The van der Waals surface area contributed by atoms with E-state index in [1.165, 1.54) is 11.3 Å². The topological polar surface area (TPSA) is 29.9 Å². The highest BCUT2D eigenvalue weighted by Gasteiger charge is 2.24. The molecule has 1 aromatic rings. The normalized spacial score (nSPS) is 12.2. The minimum absolute atomic E-state index is 0.319. The van der Waals surface area contributed by atoms with Gasteiger partial charge in [-0.25, -0.2) is 0 Å². The van der Waals surface area contributed by atoms with Crippen molar-refractivity contribution in [2.24, 2.45) is 11.7 Å². The fraction of sp³-hybridized carbons (Fsp3) is 0.615. The molecule has 0 atom stereocenters. The summed E-state index contributed by atoms with van der Waals surface area (Å²) in [5.41, 5.74) is 8.37. The van der Waals surface area contributed by atoms with Crippen LogP contribution in [0.15, 0.2) is 18.3 Å². The van der Waals surface area contributed by atoms with Gasteiger partial charge in [0.25, 0.3) is 0 Å². The summed E-state index contributed by atoms with van der Waals surface area (Å²) >= 11 is 0. The zero-order chi connectivity index (χ0) is 11.6. The van der Waals surface area contributed by atoms with Crippen LogP contribution in [0.1, 0.15) is 39.0 Å². The molecule has 1 rings (SSSR count). The summed E-state index contributed by atoms with van der Waals surface area (Å²) < 4.78 is 2.11. The van der Waals surface area contributed by atoms with Crippen LogP contribution in [0.5, 0.6) is 0 Å². The molecule has 0 amide bonds. The van der Waals surface area contributed by atoms with Crippen LogP contribution in [0.3, 0.4) is 0 Å². The summed E-state index contributed by atoms with van der Waals surface area (Å²) in [5.74, 6) is 0.700. The van der Waals surface area contributed by atoms with Gasteiger partial charge in [-0.1, -0.05) is 13.8 Å². The molecule has 0 aromatic carbocycles. The van der Waals surface area contributed by atoms with Gasteiger partial charge in [-0.05, 0) is 17.9 Å². The summed E-state index contributed by atoms with van der Waals surface area (Å²) in [4.78, 5) is 0. The molecule has 0 spiro atoms. The number of aromatic nitrogens is 1. The first-order chi connectivity index (χ1) is 6.80. The Labute approximate surface area is 93.1 Å². The SMILES string of the molecule is Cc1cc(CC(C)C)cc[n+]1C(C)(C)N.